The zero-order chi connectivity index (χ0) is 18.6. The van der Waals surface area contributed by atoms with Crippen LogP contribution in [0.15, 0.2) is 36.7 Å². The fraction of sp³-hybridized carbons (Fsp3) is 0.368. The van der Waals surface area contributed by atoms with Crippen LogP contribution in [0.4, 0.5) is 17.5 Å². The second kappa shape index (κ2) is 7.81. The van der Waals surface area contributed by atoms with Gasteiger partial charge < -0.3 is 15.3 Å². The summed E-state index contributed by atoms with van der Waals surface area (Å²) >= 11 is 0. The van der Waals surface area contributed by atoms with E-state index in [2.05, 4.69) is 49.1 Å². The zero-order valence-corrected chi connectivity index (χ0v) is 15.3. The van der Waals surface area contributed by atoms with E-state index in [0.717, 1.165) is 31.9 Å². The number of rotatable bonds is 5. The molecule has 1 fully saturated rings. The van der Waals surface area contributed by atoms with Crippen molar-refractivity contribution in [3.05, 3.63) is 42.2 Å². The van der Waals surface area contributed by atoms with Gasteiger partial charge in [0.1, 0.15) is 0 Å². The van der Waals surface area contributed by atoms with Gasteiger partial charge in [-0.05, 0) is 19.1 Å². The number of aliphatic hydroxyl groups excluding tert-OH is 1. The van der Waals surface area contributed by atoms with Gasteiger partial charge in [0.05, 0.1) is 6.61 Å². The smallest absolute Gasteiger partial charge is 0.229 e. The van der Waals surface area contributed by atoms with E-state index < -0.39 is 0 Å². The predicted molar refractivity (Wildman–Crippen MR) is 105 cm³/mol. The maximum absolute atomic E-state index is 9.11. The first-order valence-corrected chi connectivity index (χ1v) is 9.13. The third-order valence-corrected chi connectivity index (χ3v) is 4.71. The average molecular weight is 365 g/mol. The normalized spacial score (nSPS) is 15.3. The number of aliphatic hydroxyl groups is 1. The van der Waals surface area contributed by atoms with Crippen LogP contribution in [0.3, 0.4) is 0 Å². The van der Waals surface area contributed by atoms with E-state index >= 15 is 0 Å². The van der Waals surface area contributed by atoms with Crippen LogP contribution in [0.2, 0.25) is 0 Å². The fourth-order valence-electron chi connectivity index (χ4n) is 3.17. The van der Waals surface area contributed by atoms with Gasteiger partial charge in [0.15, 0.2) is 17.0 Å². The minimum absolute atomic E-state index is 0.187. The summed E-state index contributed by atoms with van der Waals surface area (Å²) < 4.78 is 0. The Morgan fingerprint density at radius 1 is 1.00 bits per heavy atom. The summed E-state index contributed by atoms with van der Waals surface area (Å²) in [5.74, 6) is 1.31. The molecule has 0 amide bonds. The molecule has 1 saturated heterocycles. The number of piperazine rings is 1. The summed E-state index contributed by atoms with van der Waals surface area (Å²) in [7, 11) is 0. The van der Waals surface area contributed by atoms with Gasteiger partial charge in [-0.15, -0.1) is 0 Å². The number of fused-ring (bicyclic) bond motifs is 1. The van der Waals surface area contributed by atoms with E-state index in [1.807, 2.05) is 12.1 Å². The molecular weight excluding hydrogens is 342 g/mol. The fourth-order valence-corrected chi connectivity index (χ4v) is 3.17. The number of nitrogens with zero attached hydrogens (tertiary/aromatic N) is 6. The van der Waals surface area contributed by atoms with Gasteiger partial charge >= 0.3 is 0 Å². The van der Waals surface area contributed by atoms with Gasteiger partial charge in [0, 0.05) is 50.8 Å². The van der Waals surface area contributed by atoms with Crippen LogP contribution in [0.5, 0.6) is 0 Å². The Labute approximate surface area is 157 Å². The highest BCUT2D eigenvalue weighted by molar-refractivity contribution is 5.85. The predicted octanol–water partition coefficient (Wildman–Crippen LogP) is 1.59. The summed E-state index contributed by atoms with van der Waals surface area (Å²) in [6, 6.07) is 8.15. The highest BCUT2D eigenvalue weighted by Gasteiger charge is 2.20. The van der Waals surface area contributed by atoms with Crippen molar-refractivity contribution in [1.29, 1.82) is 0 Å². The third kappa shape index (κ3) is 3.96. The molecule has 0 saturated carbocycles. The first-order chi connectivity index (χ1) is 13.2. The minimum Gasteiger partial charge on any atom is -0.395 e. The van der Waals surface area contributed by atoms with E-state index in [-0.39, 0.29) is 6.61 Å². The molecule has 0 aliphatic carbocycles. The number of aryl methyl sites for hydroxylation is 1. The molecule has 1 aliphatic heterocycles. The number of anilines is 3. The van der Waals surface area contributed by atoms with Gasteiger partial charge in [-0.2, -0.15) is 9.97 Å². The first kappa shape index (κ1) is 17.6. The van der Waals surface area contributed by atoms with Gasteiger partial charge in [0.25, 0.3) is 0 Å². The second-order valence-electron chi connectivity index (χ2n) is 6.64. The Bertz CT molecular complexity index is 908. The van der Waals surface area contributed by atoms with Crippen molar-refractivity contribution in [2.24, 2.45) is 0 Å². The van der Waals surface area contributed by atoms with Crippen molar-refractivity contribution in [2.45, 2.75) is 6.92 Å². The second-order valence-corrected chi connectivity index (χ2v) is 6.64. The highest BCUT2D eigenvalue weighted by atomic mass is 16.3. The van der Waals surface area contributed by atoms with Crippen molar-refractivity contribution in [1.82, 2.24) is 24.8 Å². The van der Waals surface area contributed by atoms with Gasteiger partial charge in [-0.1, -0.05) is 17.7 Å². The number of aromatic nitrogens is 4. The van der Waals surface area contributed by atoms with Crippen LogP contribution in [0, 0.1) is 6.92 Å². The molecule has 1 aliphatic rings. The Hall–Kier alpha value is -2.84. The summed E-state index contributed by atoms with van der Waals surface area (Å²) in [6.07, 6.45) is 3.30. The quantitative estimate of drug-likeness (QED) is 0.704. The van der Waals surface area contributed by atoms with Crippen molar-refractivity contribution < 1.29 is 5.11 Å². The monoisotopic (exact) mass is 365 g/mol. The topological polar surface area (TPSA) is 90.3 Å². The number of β-amino-alcohol motifs (C(OH)–C–C–N with tert-alkyl or cyclic N) is 1. The third-order valence-electron chi connectivity index (χ3n) is 4.71. The number of hydrogen-bond donors (Lipinski definition) is 2. The molecule has 27 heavy (non-hydrogen) atoms. The largest absolute Gasteiger partial charge is 0.395 e. The average Bonchev–Trinajstić information content (AvgIpc) is 2.70. The van der Waals surface area contributed by atoms with Crippen molar-refractivity contribution in [3.8, 4) is 0 Å². The maximum atomic E-state index is 9.11. The maximum Gasteiger partial charge on any atom is 0.229 e. The molecule has 0 spiro atoms. The van der Waals surface area contributed by atoms with Crippen LogP contribution < -0.4 is 10.2 Å². The van der Waals surface area contributed by atoms with E-state index in [1.54, 1.807) is 12.4 Å². The lowest BCUT2D eigenvalue weighted by Gasteiger charge is -2.34. The van der Waals surface area contributed by atoms with Crippen LogP contribution in [-0.4, -0.2) is 69.3 Å². The van der Waals surface area contributed by atoms with Crippen LogP contribution >= 0.6 is 0 Å². The molecule has 140 valence electrons. The molecule has 0 radical (unpaired) electrons. The summed E-state index contributed by atoms with van der Waals surface area (Å²) in [5.41, 5.74) is 3.38. The molecular formula is C19H23N7O. The molecule has 8 heteroatoms. The van der Waals surface area contributed by atoms with E-state index in [9.17, 15) is 0 Å². The molecule has 4 rings (SSSR count). The Morgan fingerprint density at radius 3 is 2.48 bits per heavy atom. The first-order valence-electron chi connectivity index (χ1n) is 9.13. The van der Waals surface area contributed by atoms with Crippen LogP contribution in [-0.2, 0) is 0 Å². The molecule has 2 aromatic heterocycles. The molecule has 2 N–H and O–H groups in total. The summed E-state index contributed by atoms with van der Waals surface area (Å²) in [6.45, 7) is 6.34. The van der Waals surface area contributed by atoms with Crippen molar-refractivity contribution in [2.75, 3.05) is 49.5 Å². The van der Waals surface area contributed by atoms with Crippen LogP contribution in [0.1, 0.15) is 5.56 Å². The van der Waals surface area contributed by atoms with Gasteiger partial charge in [0.2, 0.25) is 5.95 Å². The highest BCUT2D eigenvalue weighted by Crippen LogP contribution is 2.24. The Balaban J connectivity index is 1.63. The molecule has 0 unspecified atom stereocenters. The van der Waals surface area contributed by atoms with E-state index in [4.69, 9.17) is 10.1 Å². The molecule has 0 bridgehead atoms. The van der Waals surface area contributed by atoms with Gasteiger partial charge in [-0.3, -0.25) is 4.90 Å². The SMILES string of the molecule is Cc1ccc(Nc2nc(N3CCN(CCO)CC3)nc3nccnc23)cc1. The van der Waals surface area contributed by atoms with Crippen LogP contribution in [0.25, 0.3) is 11.2 Å². The number of nitrogens with one attached hydrogen (secondary N) is 1. The summed E-state index contributed by atoms with van der Waals surface area (Å²) in [5, 5.41) is 12.5. The molecule has 3 heterocycles. The van der Waals surface area contributed by atoms with Gasteiger partial charge in [-0.25, -0.2) is 9.97 Å². The van der Waals surface area contributed by atoms with E-state index in [1.165, 1.54) is 5.56 Å². The lowest BCUT2D eigenvalue weighted by molar-refractivity contribution is 0.188. The minimum atomic E-state index is 0.187. The Kier molecular flexibility index (Phi) is 5.08. The van der Waals surface area contributed by atoms with E-state index in [0.29, 0.717) is 29.5 Å². The molecule has 8 nitrogen and oxygen atoms in total. The Morgan fingerprint density at radius 2 is 1.74 bits per heavy atom. The van der Waals surface area contributed by atoms with Crippen molar-refractivity contribution in [3.63, 3.8) is 0 Å². The molecule has 0 atom stereocenters. The standard InChI is InChI=1S/C19H23N7O/c1-14-2-4-15(5-3-14)22-18-16-17(21-7-6-20-16)23-19(24-18)26-10-8-25(9-11-26)12-13-27/h2-7,27H,8-13H2,1H3,(H,21,22,23,24). The molecule has 1 aromatic carbocycles. The molecule has 3 aromatic rings. The van der Waals surface area contributed by atoms with Crippen molar-refractivity contribution >= 4 is 28.6 Å². The lowest BCUT2D eigenvalue weighted by Crippen LogP contribution is -2.47. The lowest BCUT2D eigenvalue weighted by atomic mass is 10.2. The summed E-state index contributed by atoms with van der Waals surface area (Å²) in [4.78, 5) is 22.5. The number of hydrogen-bond acceptors (Lipinski definition) is 8. The zero-order valence-electron chi connectivity index (χ0n) is 15.3. The number of benzene rings is 1.